The van der Waals surface area contributed by atoms with Gasteiger partial charge in [0.15, 0.2) is 0 Å². The lowest BCUT2D eigenvalue weighted by Gasteiger charge is -2.19. The number of allylic oxidation sites excluding steroid dienone is 1. The molecule has 5 rings (SSSR count). The lowest BCUT2D eigenvalue weighted by molar-refractivity contribution is -0.159. The zero-order valence-electron chi connectivity index (χ0n) is 22.8. The van der Waals surface area contributed by atoms with E-state index in [4.69, 9.17) is 9.47 Å². The van der Waals surface area contributed by atoms with Gasteiger partial charge in [0.1, 0.15) is 23.4 Å². The number of fused-ring (bicyclic) bond motifs is 1. The van der Waals surface area contributed by atoms with Crippen LogP contribution in [0.15, 0.2) is 65.6 Å². The number of halogens is 3. The van der Waals surface area contributed by atoms with Crippen LogP contribution in [0.5, 0.6) is 17.2 Å². The summed E-state index contributed by atoms with van der Waals surface area (Å²) in [5.41, 5.74) is 5.74. The Labute approximate surface area is 237 Å². The molecule has 3 aromatic carbocycles. The topological polar surface area (TPSA) is 41.9 Å². The molecule has 1 N–H and O–H groups in total. The number of phenolic OH excluding ortho intramolecular Hbond substituents is 1. The first-order chi connectivity index (χ1) is 19.2. The Hall–Kier alpha value is -3.10. The van der Waals surface area contributed by atoms with E-state index in [1.807, 2.05) is 30.3 Å². The number of thioether (sulfide) groups is 1. The summed E-state index contributed by atoms with van der Waals surface area (Å²) in [5.74, 6) is 1.97. The Balaban J connectivity index is 1.48. The van der Waals surface area contributed by atoms with Crippen LogP contribution in [0.25, 0.3) is 11.1 Å². The van der Waals surface area contributed by atoms with Gasteiger partial charge in [0.05, 0.1) is 6.67 Å². The highest BCUT2D eigenvalue weighted by atomic mass is 32.2. The molecule has 1 saturated heterocycles. The van der Waals surface area contributed by atoms with Crippen LogP contribution in [0.4, 0.5) is 13.2 Å². The zero-order chi connectivity index (χ0) is 28.3. The molecular weight excluding hydrogens is 535 g/mol. The van der Waals surface area contributed by atoms with E-state index in [1.165, 1.54) is 0 Å². The van der Waals surface area contributed by atoms with Gasteiger partial charge in [-0.1, -0.05) is 18.2 Å². The van der Waals surface area contributed by atoms with Crippen molar-refractivity contribution in [2.75, 3.05) is 32.1 Å². The van der Waals surface area contributed by atoms with E-state index in [0.717, 1.165) is 83.6 Å². The predicted octanol–water partition coefficient (Wildman–Crippen LogP) is 7.96. The average molecular weight is 570 g/mol. The predicted molar refractivity (Wildman–Crippen MR) is 154 cm³/mol. The van der Waals surface area contributed by atoms with Crippen molar-refractivity contribution in [3.05, 3.63) is 82.9 Å². The summed E-state index contributed by atoms with van der Waals surface area (Å²) in [6.07, 6.45) is -0.950. The summed E-state index contributed by atoms with van der Waals surface area (Å²) < 4.78 is 50.7. The summed E-state index contributed by atoms with van der Waals surface area (Å²) in [7, 11) is 0. The molecule has 0 radical (unpaired) electrons. The van der Waals surface area contributed by atoms with Gasteiger partial charge in [-0.2, -0.15) is 8.78 Å². The fourth-order valence-corrected chi connectivity index (χ4v) is 6.48. The highest BCUT2D eigenvalue weighted by Gasteiger charge is 2.26. The highest BCUT2D eigenvalue weighted by Crippen LogP contribution is 2.44. The van der Waals surface area contributed by atoms with Gasteiger partial charge in [-0.25, -0.2) is 0 Å². The van der Waals surface area contributed by atoms with Crippen LogP contribution in [0.2, 0.25) is 0 Å². The molecule has 2 aliphatic rings. The molecule has 0 spiro atoms. The number of nitrogens with zero attached hydrogens (tertiary/aromatic N) is 1. The molecule has 0 aromatic heterocycles. The van der Waals surface area contributed by atoms with Gasteiger partial charge >= 0.3 is 6.11 Å². The van der Waals surface area contributed by atoms with E-state index in [1.54, 1.807) is 36.9 Å². The molecule has 1 fully saturated rings. The van der Waals surface area contributed by atoms with Crippen LogP contribution in [-0.4, -0.2) is 54.3 Å². The molecule has 1 unspecified atom stereocenters. The van der Waals surface area contributed by atoms with Crippen molar-refractivity contribution in [3.63, 3.8) is 0 Å². The third kappa shape index (κ3) is 6.78. The van der Waals surface area contributed by atoms with Gasteiger partial charge in [0.2, 0.25) is 0 Å². The van der Waals surface area contributed by atoms with E-state index in [9.17, 15) is 18.3 Å². The number of aromatic hydroxyl groups is 1. The quantitative estimate of drug-likeness (QED) is 0.283. The molecule has 2 heterocycles. The van der Waals surface area contributed by atoms with Gasteiger partial charge in [0, 0.05) is 37.2 Å². The second-order valence-electron chi connectivity index (χ2n) is 10.4. The first-order valence-electron chi connectivity index (χ1n) is 13.6. The van der Waals surface area contributed by atoms with Crippen LogP contribution in [0.1, 0.15) is 48.4 Å². The van der Waals surface area contributed by atoms with Crippen LogP contribution < -0.4 is 9.47 Å². The van der Waals surface area contributed by atoms with Gasteiger partial charge < -0.3 is 14.6 Å². The van der Waals surface area contributed by atoms with Gasteiger partial charge in [-0.05, 0) is 102 Å². The highest BCUT2D eigenvalue weighted by molar-refractivity contribution is 7.99. The summed E-state index contributed by atoms with van der Waals surface area (Å²) >= 11 is 1.69. The van der Waals surface area contributed by atoms with Crippen molar-refractivity contribution in [1.82, 2.24) is 4.90 Å². The van der Waals surface area contributed by atoms with Crippen molar-refractivity contribution >= 4 is 22.9 Å². The number of alkyl halides is 3. The lowest BCUT2D eigenvalue weighted by atomic mass is 9.87. The number of hydrogen-bond donors (Lipinski definition) is 1. The molecule has 0 amide bonds. The molecule has 4 nitrogen and oxygen atoms in total. The second-order valence-corrected chi connectivity index (χ2v) is 11.6. The smallest absolute Gasteiger partial charge is 0.394 e. The standard InChI is InChI=1S/C32H34F3NO3S/c1-21-18-23(6-11-29(21)39-32(2,34)35)27-13-17-40-30-19-24(37)7-10-28(30)31(27)22-4-8-25(9-5-22)38-26-12-16-36(20-26)15-3-14-33/h4-11,18-19,26,37H,3,12-17,20H2,1-2H3. The molecule has 8 heteroatoms. The Kier molecular flexibility index (Phi) is 8.66. The normalized spacial score (nSPS) is 18.0. The number of rotatable bonds is 9. The summed E-state index contributed by atoms with van der Waals surface area (Å²) in [6.45, 7) is 4.68. The van der Waals surface area contributed by atoms with Crippen LogP contribution >= 0.6 is 11.8 Å². The number of benzene rings is 3. The Morgan fingerprint density at radius 3 is 2.55 bits per heavy atom. The fourth-order valence-electron chi connectivity index (χ4n) is 5.42. The van der Waals surface area contributed by atoms with E-state index in [2.05, 4.69) is 17.0 Å². The number of phenols is 1. The fraction of sp³-hybridized carbons (Fsp3) is 0.375. The van der Waals surface area contributed by atoms with Crippen LogP contribution in [0.3, 0.4) is 0 Å². The average Bonchev–Trinajstić information content (AvgIpc) is 3.27. The largest absolute Gasteiger partial charge is 0.508 e. The van der Waals surface area contributed by atoms with Gasteiger partial charge in [-0.3, -0.25) is 9.29 Å². The Morgan fingerprint density at radius 1 is 1.05 bits per heavy atom. The first-order valence-corrected chi connectivity index (χ1v) is 14.6. The lowest BCUT2D eigenvalue weighted by Crippen LogP contribution is -2.26. The SMILES string of the molecule is Cc1cc(C2=C(c3ccc(OC4CCN(CCCF)C4)cc3)c3ccc(O)cc3SCC2)ccc1OC(C)(F)F. The number of hydrogen-bond acceptors (Lipinski definition) is 5. The molecule has 3 aromatic rings. The molecule has 2 aliphatic heterocycles. The van der Waals surface area contributed by atoms with E-state index < -0.39 is 6.11 Å². The van der Waals surface area contributed by atoms with E-state index >= 15 is 0 Å². The van der Waals surface area contributed by atoms with Gasteiger partial charge in [0.25, 0.3) is 0 Å². The third-order valence-electron chi connectivity index (χ3n) is 7.24. The number of ether oxygens (including phenoxy) is 2. The van der Waals surface area contributed by atoms with E-state index in [-0.39, 0.29) is 24.3 Å². The molecule has 40 heavy (non-hydrogen) atoms. The molecule has 0 saturated carbocycles. The third-order valence-corrected chi connectivity index (χ3v) is 8.30. The second kappa shape index (κ2) is 12.2. The molecule has 1 atom stereocenters. The van der Waals surface area contributed by atoms with Crippen molar-refractivity contribution < 1.29 is 27.8 Å². The maximum absolute atomic E-state index is 13.5. The monoisotopic (exact) mass is 569 g/mol. The number of likely N-dealkylation sites (tertiary alicyclic amines) is 1. The first kappa shape index (κ1) is 28.4. The molecule has 0 bridgehead atoms. The van der Waals surface area contributed by atoms with Crippen molar-refractivity contribution in [2.45, 2.75) is 50.2 Å². The maximum atomic E-state index is 13.5. The summed E-state index contributed by atoms with van der Waals surface area (Å²) in [4.78, 5) is 3.23. The molecule has 212 valence electrons. The molecular formula is C32H34F3NO3S. The minimum absolute atomic E-state index is 0.0810. The zero-order valence-corrected chi connectivity index (χ0v) is 23.6. The van der Waals surface area contributed by atoms with Gasteiger partial charge in [-0.15, -0.1) is 11.8 Å². The van der Waals surface area contributed by atoms with Crippen molar-refractivity contribution in [3.8, 4) is 17.2 Å². The van der Waals surface area contributed by atoms with Crippen LogP contribution in [0, 0.1) is 6.92 Å². The number of aryl methyl sites for hydroxylation is 1. The van der Waals surface area contributed by atoms with E-state index in [0.29, 0.717) is 12.0 Å². The minimum atomic E-state index is -3.26. The minimum Gasteiger partial charge on any atom is -0.508 e. The van der Waals surface area contributed by atoms with Crippen molar-refractivity contribution in [2.24, 2.45) is 0 Å². The van der Waals surface area contributed by atoms with Crippen molar-refractivity contribution in [1.29, 1.82) is 0 Å². The van der Waals surface area contributed by atoms with Crippen LogP contribution in [-0.2, 0) is 0 Å². The summed E-state index contributed by atoms with van der Waals surface area (Å²) in [6, 6.07) is 18.8. The Bertz CT molecular complexity index is 1370. The maximum Gasteiger partial charge on any atom is 0.394 e. The molecule has 0 aliphatic carbocycles. The summed E-state index contributed by atoms with van der Waals surface area (Å²) in [5, 5.41) is 10.2. The Morgan fingerprint density at radius 2 is 1.82 bits per heavy atom.